The average molecular weight is 388 g/mol. The molecule has 1 heterocycles. The van der Waals surface area contributed by atoms with Crippen LogP contribution in [-0.4, -0.2) is 39.7 Å². The number of hydrogen-bond donors (Lipinski definition) is 1. The second-order valence-electron chi connectivity index (χ2n) is 5.16. The van der Waals surface area contributed by atoms with E-state index in [-0.39, 0.29) is 28.9 Å². The Hall–Kier alpha value is -2.10. The van der Waals surface area contributed by atoms with E-state index in [4.69, 9.17) is 20.9 Å². The van der Waals surface area contributed by atoms with Crippen molar-refractivity contribution in [1.82, 2.24) is 9.88 Å². The Balaban J connectivity index is 2.06. The number of anilines is 1. The number of carbonyl (C=O) groups excluding carboxylic acids is 1. The van der Waals surface area contributed by atoms with Gasteiger partial charge >= 0.3 is 0 Å². The van der Waals surface area contributed by atoms with Gasteiger partial charge in [-0.3, -0.25) is 9.69 Å². The summed E-state index contributed by atoms with van der Waals surface area (Å²) >= 11 is 5.96. The van der Waals surface area contributed by atoms with E-state index in [9.17, 15) is 13.2 Å². The molecule has 2 aromatic rings. The molecule has 0 aliphatic carbocycles. The molecular formula is C15H18ClN3O5S. The largest absolute Gasteiger partial charge is 0.495 e. The topological polar surface area (TPSA) is 102 Å². The molecule has 2 rings (SSSR count). The fraction of sp³-hybridized carbons (Fsp3) is 0.333. The Morgan fingerprint density at radius 1 is 1.40 bits per heavy atom. The van der Waals surface area contributed by atoms with Gasteiger partial charge in [0.25, 0.3) is 0 Å². The first-order valence-corrected chi connectivity index (χ1v) is 9.15. The summed E-state index contributed by atoms with van der Waals surface area (Å²) in [7, 11) is -2.34. The first-order valence-electron chi connectivity index (χ1n) is 7.29. The highest BCUT2D eigenvalue weighted by Crippen LogP contribution is 2.26. The van der Waals surface area contributed by atoms with Crippen molar-refractivity contribution in [2.45, 2.75) is 18.7 Å². The lowest BCUT2D eigenvalue weighted by molar-refractivity contribution is -0.116. The van der Waals surface area contributed by atoms with Crippen LogP contribution < -0.4 is 14.4 Å². The predicted octanol–water partition coefficient (Wildman–Crippen LogP) is 1.98. The van der Waals surface area contributed by atoms with Crippen molar-refractivity contribution in [3.8, 4) is 5.75 Å². The van der Waals surface area contributed by atoms with Crippen LogP contribution in [0.15, 0.2) is 33.7 Å². The molecular weight excluding hydrogens is 370 g/mol. The molecule has 136 valence electrons. The van der Waals surface area contributed by atoms with Gasteiger partial charge in [-0.15, -0.1) is 0 Å². The van der Waals surface area contributed by atoms with Crippen molar-refractivity contribution in [2.75, 3.05) is 25.1 Å². The summed E-state index contributed by atoms with van der Waals surface area (Å²) in [5.41, 5.74) is 0. The molecule has 0 saturated carbocycles. The molecule has 1 N–H and O–H groups in total. The van der Waals surface area contributed by atoms with E-state index in [1.165, 1.54) is 37.1 Å². The third-order valence-corrected chi connectivity index (χ3v) is 5.09. The molecule has 0 saturated heterocycles. The highest BCUT2D eigenvalue weighted by molar-refractivity contribution is 7.89. The monoisotopic (exact) mass is 387 g/mol. The molecule has 0 bridgehead atoms. The summed E-state index contributed by atoms with van der Waals surface area (Å²) in [6.45, 7) is 3.16. The lowest BCUT2D eigenvalue weighted by atomic mass is 10.3. The Kier molecular flexibility index (Phi) is 6.04. The van der Waals surface area contributed by atoms with Gasteiger partial charge in [-0.05, 0) is 25.1 Å². The number of carbonyl (C=O) groups is 1. The quantitative estimate of drug-likeness (QED) is 0.779. The van der Waals surface area contributed by atoms with Crippen LogP contribution in [0.4, 0.5) is 5.82 Å². The maximum Gasteiger partial charge on any atom is 0.240 e. The van der Waals surface area contributed by atoms with Gasteiger partial charge in [0.2, 0.25) is 15.9 Å². The van der Waals surface area contributed by atoms with Crippen LogP contribution in [0.25, 0.3) is 0 Å². The first kappa shape index (κ1) is 19.2. The SMILES string of the molecule is COc1ccc(S(=O)(=O)NCCN(C(C)=O)c2cc(C)on2)cc1Cl. The standard InChI is InChI=1S/C15H18ClN3O5S/c1-10-8-15(18-24-10)19(11(2)20)7-6-17-25(21,22)12-4-5-14(23-3)13(16)9-12/h4-5,8-9,17H,6-7H2,1-3H3. The van der Waals surface area contributed by atoms with Gasteiger partial charge in [0.1, 0.15) is 11.5 Å². The number of halogens is 1. The summed E-state index contributed by atoms with van der Waals surface area (Å²) in [6.07, 6.45) is 0. The molecule has 0 unspecified atom stereocenters. The summed E-state index contributed by atoms with van der Waals surface area (Å²) in [5.74, 6) is 0.983. The van der Waals surface area contributed by atoms with Crippen LogP contribution >= 0.6 is 11.6 Å². The Morgan fingerprint density at radius 2 is 2.12 bits per heavy atom. The summed E-state index contributed by atoms with van der Waals surface area (Å²) in [5, 5.41) is 3.95. The molecule has 1 amide bonds. The molecule has 0 fully saturated rings. The number of benzene rings is 1. The van der Waals surface area contributed by atoms with Crippen LogP contribution in [0.1, 0.15) is 12.7 Å². The van der Waals surface area contributed by atoms with Crippen LogP contribution in [-0.2, 0) is 14.8 Å². The Morgan fingerprint density at radius 3 is 2.64 bits per heavy atom. The van der Waals surface area contributed by atoms with Gasteiger partial charge in [0.15, 0.2) is 5.82 Å². The summed E-state index contributed by atoms with van der Waals surface area (Å²) in [6, 6.07) is 5.75. The van der Waals surface area contributed by atoms with Gasteiger partial charge in [0, 0.05) is 26.1 Å². The van der Waals surface area contributed by atoms with Gasteiger partial charge in [-0.2, -0.15) is 0 Å². The maximum absolute atomic E-state index is 12.3. The lowest BCUT2D eigenvalue weighted by Crippen LogP contribution is -2.37. The summed E-state index contributed by atoms with van der Waals surface area (Å²) < 4.78 is 37.0. The maximum atomic E-state index is 12.3. The third kappa shape index (κ3) is 4.71. The number of ether oxygens (including phenoxy) is 1. The zero-order valence-electron chi connectivity index (χ0n) is 13.9. The van der Waals surface area contributed by atoms with E-state index < -0.39 is 10.0 Å². The molecule has 0 aliphatic rings. The first-order chi connectivity index (χ1) is 11.7. The number of nitrogens with zero attached hydrogens (tertiary/aromatic N) is 2. The van der Waals surface area contributed by atoms with Gasteiger partial charge in [-0.1, -0.05) is 16.8 Å². The smallest absolute Gasteiger partial charge is 0.240 e. The fourth-order valence-corrected chi connectivity index (χ4v) is 3.47. The third-order valence-electron chi connectivity index (χ3n) is 3.33. The number of aromatic nitrogens is 1. The zero-order valence-corrected chi connectivity index (χ0v) is 15.5. The van der Waals surface area contributed by atoms with Crippen LogP contribution in [0.5, 0.6) is 5.75 Å². The minimum absolute atomic E-state index is 0.00251. The Bertz CT molecular complexity index is 866. The number of nitrogens with one attached hydrogen (secondary N) is 1. The van der Waals surface area contributed by atoms with E-state index in [0.717, 1.165) is 0 Å². The fourth-order valence-electron chi connectivity index (χ4n) is 2.10. The molecule has 10 heteroatoms. The molecule has 0 radical (unpaired) electrons. The number of sulfonamides is 1. The van der Waals surface area contributed by atoms with Crippen molar-refractivity contribution >= 4 is 33.3 Å². The van der Waals surface area contributed by atoms with Crippen LogP contribution in [0, 0.1) is 6.92 Å². The van der Waals surface area contributed by atoms with Crippen LogP contribution in [0.3, 0.4) is 0 Å². The van der Waals surface area contributed by atoms with Crippen molar-refractivity contribution < 1.29 is 22.5 Å². The number of aryl methyl sites for hydroxylation is 1. The normalized spacial score (nSPS) is 11.4. The highest BCUT2D eigenvalue weighted by Gasteiger charge is 2.19. The van der Waals surface area contributed by atoms with E-state index in [1.54, 1.807) is 13.0 Å². The van der Waals surface area contributed by atoms with E-state index in [0.29, 0.717) is 17.3 Å². The molecule has 0 atom stereocenters. The van der Waals surface area contributed by atoms with Gasteiger partial charge in [-0.25, -0.2) is 13.1 Å². The van der Waals surface area contributed by atoms with E-state index in [2.05, 4.69) is 9.88 Å². The van der Waals surface area contributed by atoms with Crippen LogP contribution in [0.2, 0.25) is 5.02 Å². The van der Waals surface area contributed by atoms with Crippen molar-refractivity contribution in [3.63, 3.8) is 0 Å². The zero-order chi connectivity index (χ0) is 18.6. The molecule has 8 nitrogen and oxygen atoms in total. The molecule has 1 aromatic carbocycles. The second kappa shape index (κ2) is 7.85. The average Bonchev–Trinajstić information content (AvgIpc) is 2.97. The molecule has 0 aliphatic heterocycles. The van der Waals surface area contributed by atoms with E-state index >= 15 is 0 Å². The molecule has 0 spiro atoms. The lowest BCUT2D eigenvalue weighted by Gasteiger charge is -2.18. The van der Waals surface area contributed by atoms with Gasteiger partial charge < -0.3 is 9.26 Å². The number of amides is 1. The number of hydrogen-bond acceptors (Lipinski definition) is 6. The Labute approximate surface area is 150 Å². The van der Waals surface area contributed by atoms with Crippen molar-refractivity contribution in [2.24, 2.45) is 0 Å². The predicted molar refractivity (Wildman–Crippen MR) is 92.5 cm³/mol. The molecule has 25 heavy (non-hydrogen) atoms. The number of methoxy groups -OCH3 is 1. The second-order valence-corrected chi connectivity index (χ2v) is 7.33. The minimum atomic E-state index is -3.78. The van der Waals surface area contributed by atoms with Gasteiger partial charge in [0.05, 0.1) is 17.0 Å². The summed E-state index contributed by atoms with van der Waals surface area (Å²) in [4.78, 5) is 13.1. The number of rotatable bonds is 7. The highest BCUT2D eigenvalue weighted by atomic mass is 35.5. The van der Waals surface area contributed by atoms with Crippen molar-refractivity contribution in [1.29, 1.82) is 0 Å². The minimum Gasteiger partial charge on any atom is -0.495 e. The molecule has 1 aromatic heterocycles. The van der Waals surface area contributed by atoms with Crippen molar-refractivity contribution in [3.05, 3.63) is 35.0 Å². The van der Waals surface area contributed by atoms with E-state index in [1.807, 2.05) is 0 Å².